The van der Waals surface area contributed by atoms with Gasteiger partial charge in [-0.15, -0.1) is 11.6 Å². The fraction of sp³-hybridized carbons (Fsp3) is 0.303. The van der Waals surface area contributed by atoms with E-state index in [4.69, 9.17) is 19.3 Å². The first-order chi connectivity index (χ1) is 40.4. The van der Waals surface area contributed by atoms with Crippen molar-refractivity contribution in [1.82, 2.24) is 32.2 Å². The lowest BCUT2D eigenvalue weighted by Gasteiger charge is -2.33. The van der Waals surface area contributed by atoms with Crippen molar-refractivity contribution in [3.8, 4) is 33.8 Å². The summed E-state index contributed by atoms with van der Waals surface area (Å²) in [7, 11) is 0. The van der Waals surface area contributed by atoms with Crippen molar-refractivity contribution in [2.24, 2.45) is 0 Å². The predicted octanol–water partition coefficient (Wildman–Crippen LogP) is 18.2. The van der Waals surface area contributed by atoms with Gasteiger partial charge in [0.25, 0.3) is 0 Å². The molecule has 2 fully saturated rings. The highest BCUT2D eigenvalue weighted by Gasteiger charge is 2.36. The van der Waals surface area contributed by atoms with Gasteiger partial charge in [-0.25, -0.2) is 19.6 Å². The van der Waals surface area contributed by atoms with Gasteiger partial charge in [-0.3, -0.25) is 9.97 Å². The van der Waals surface area contributed by atoms with Gasteiger partial charge in [0.2, 0.25) is 0 Å². The van der Waals surface area contributed by atoms with Crippen LogP contribution in [0.25, 0.3) is 22.3 Å². The second kappa shape index (κ2) is 39.6. The summed E-state index contributed by atoms with van der Waals surface area (Å²) in [6, 6.07) is 41.9. The van der Waals surface area contributed by atoms with Crippen LogP contribution >= 0.6 is 27.5 Å². The number of hydrogen-bond donors (Lipinski definition) is 3. The number of piperidine rings is 2. The molecular formula is C66H80BrClF6N8O6. The van der Waals surface area contributed by atoms with E-state index in [0.29, 0.717) is 69.6 Å². The molecule has 7 N–H and O–H groups in total. The van der Waals surface area contributed by atoms with Gasteiger partial charge in [-0.2, -0.15) is 26.3 Å². The Balaban J connectivity index is 0.000000631. The SMILES string of the molecule is C.C.CC.CCOC(=O)c1cncc(Br)c1.CCl.Cc1ccccc1.FC(F)(F)c1ccccc1OC1CCN(c2ccc(-c3ccccc3)cn2)CC1.N.N.O=C(O)c1cncc(-c2ccc(N3CCC(Oc4ccccc4C(F)(F)F)CC3)nc2)c1. The van der Waals surface area contributed by atoms with Crippen molar-refractivity contribution in [3.05, 3.63) is 215 Å². The average molecular weight is 1310 g/mol. The lowest BCUT2D eigenvalue weighted by atomic mass is 10.1. The van der Waals surface area contributed by atoms with Gasteiger partial charge in [0.15, 0.2) is 0 Å². The number of aryl methyl sites for hydroxylation is 1. The Morgan fingerprint density at radius 1 is 0.557 bits per heavy atom. The number of carbonyl (C=O) groups excluding carboxylic acids is 1. The molecular weight excluding hydrogens is 1230 g/mol. The average Bonchev–Trinajstić information content (AvgIpc) is 3.71. The second-order valence-electron chi connectivity index (χ2n) is 18.3. The fourth-order valence-electron chi connectivity index (χ4n) is 8.48. The van der Waals surface area contributed by atoms with Gasteiger partial charge in [0, 0.05) is 117 Å². The lowest BCUT2D eigenvalue weighted by molar-refractivity contribution is -0.140. The normalized spacial score (nSPS) is 12.6. The van der Waals surface area contributed by atoms with Crippen molar-refractivity contribution < 1.29 is 55.2 Å². The maximum Gasteiger partial charge on any atom is 0.419 e. The third-order valence-electron chi connectivity index (χ3n) is 12.6. The Morgan fingerprint density at radius 2 is 0.966 bits per heavy atom. The second-order valence-corrected chi connectivity index (χ2v) is 19.2. The third kappa shape index (κ3) is 24.6. The Hall–Kier alpha value is -8.11. The Kier molecular flexibility index (Phi) is 35.1. The third-order valence-corrected chi connectivity index (χ3v) is 13.0. The molecule has 0 aliphatic carbocycles. The van der Waals surface area contributed by atoms with E-state index in [1.165, 1.54) is 60.7 Å². The van der Waals surface area contributed by atoms with Gasteiger partial charge in [0.1, 0.15) is 35.3 Å². The van der Waals surface area contributed by atoms with E-state index in [1.807, 2.05) is 97.7 Å². The molecule has 476 valence electrons. The number of pyridine rings is 4. The number of aromatic nitrogens is 4. The number of anilines is 2. The Bertz CT molecular complexity index is 3230. The Labute approximate surface area is 526 Å². The summed E-state index contributed by atoms with van der Waals surface area (Å²) in [6.07, 6.45) is 3.95. The molecule has 0 unspecified atom stereocenters. The number of hydrogen-bond acceptors (Lipinski definition) is 13. The van der Waals surface area contributed by atoms with Crippen molar-refractivity contribution in [1.29, 1.82) is 0 Å². The monoisotopic (exact) mass is 1310 g/mol. The number of ether oxygens (including phenoxy) is 3. The van der Waals surface area contributed by atoms with E-state index in [0.717, 1.165) is 44.9 Å². The molecule has 22 heteroatoms. The summed E-state index contributed by atoms with van der Waals surface area (Å²) in [5.74, 6) is -0.0100. The number of carbonyl (C=O) groups is 2. The molecule has 4 aromatic heterocycles. The Morgan fingerprint density at radius 3 is 1.35 bits per heavy atom. The fourth-order valence-corrected chi connectivity index (χ4v) is 8.84. The minimum Gasteiger partial charge on any atom is -0.490 e. The standard InChI is InChI=1S/C23H20F3N3O3.C23H21F3N2O.C8H8BrNO2.C7H8.C2H6.CH3Cl.2CH4.2H3N/c24-23(25,26)19-3-1-2-4-20(19)32-18-7-9-29(10-8-18)21-6-5-15(14-28-21)16-11-17(22(30)31)13-27-12-16;24-23(25,26)20-8-4-5-9-21(20)29-19-12-14-28(15-13-19)22-11-10-18(16-27-22)17-6-2-1-3-7-17;1-2-12-8(11)6-3-7(9)5-10-4-6;1-7-5-3-2-4-6-7;2*1-2;;;;/h1-6,11-14,18H,7-10H2,(H,30,31);1-11,16,19H,12-15H2;3-5H,2H2,1H3;2-6H,1H3;1-2H3;1H3;2*1H4;2*1H3. The lowest BCUT2D eigenvalue weighted by Crippen LogP contribution is -2.38. The van der Waals surface area contributed by atoms with Gasteiger partial charge in [-0.05, 0) is 96.0 Å². The first-order valence-electron chi connectivity index (χ1n) is 26.9. The van der Waals surface area contributed by atoms with Gasteiger partial charge < -0.3 is 41.4 Å². The van der Waals surface area contributed by atoms with Crippen LogP contribution in [0.5, 0.6) is 11.5 Å². The molecule has 88 heavy (non-hydrogen) atoms. The summed E-state index contributed by atoms with van der Waals surface area (Å²) in [5.41, 5.74) is 3.96. The molecule has 0 bridgehead atoms. The van der Waals surface area contributed by atoms with Gasteiger partial charge in [-0.1, -0.05) is 119 Å². The molecule has 0 saturated carbocycles. The van der Waals surface area contributed by atoms with Crippen molar-refractivity contribution >= 4 is 51.1 Å². The highest BCUT2D eigenvalue weighted by Crippen LogP contribution is 2.39. The van der Waals surface area contributed by atoms with Crippen molar-refractivity contribution in [3.63, 3.8) is 0 Å². The van der Waals surface area contributed by atoms with Gasteiger partial charge in [0.05, 0.1) is 28.9 Å². The highest BCUT2D eigenvalue weighted by atomic mass is 79.9. The number of carboxylic acids is 1. The van der Waals surface area contributed by atoms with Crippen LogP contribution in [0.3, 0.4) is 0 Å². The van der Waals surface area contributed by atoms with Crippen LogP contribution in [0, 0.1) is 6.92 Å². The quantitative estimate of drug-likeness (QED) is 0.0625. The van der Waals surface area contributed by atoms with E-state index in [2.05, 4.69) is 71.4 Å². The molecule has 0 spiro atoms. The van der Waals surface area contributed by atoms with Crippen molar-refractivity contribution in [2.75, 3.05) is 49.0 Å². The molecule has 2 saturated heterocycles. The largest absolute Gasteiger partial charge is 0.490 e. The molecule has 6 heterocycles. The van der Waals surface area contributed by atoms with Crippen molar-refractivity contribution in [2.45, 2.75) is 92.8 Å². The van der Waals surface area contributed by atoms with Crippen LogP contribution < -0.4 is 31.6 Å². The van der Waals surface area contributed by atoms with Gasteiger partial charge >= 0.3 is 24.3 Å². The first kappa shape index (κ1) is 77.9. The van der Waals surface area contributed by atoms with E-state index >= 15 is 0 Å². The molecule has 2 aliphatic heterocycles. The molecule has 8 aromatic rings. The zero-order chi connectivity index (χ0) is 61.1. The van der Waals surface area contributed by atoms with Crippen LogP contribution in [0.1, 0.15) is 98.7 Å². The number of esters is 1. The smallest absolute Gasteiger partial charge is 0.419 e. The number of alkyl halides is 7. The number of aromatic carboxylic acids is 1. The van der Waals surface area contributed by atoms with E-state index in [9.17, 15) is 35.9 Å². The number of rotatable bonds is 11. The molecule has 0 amide bonds. The van der Waals surface area contributed by atoms with Crippen LogP contribution in [0.4, 0.5) is 38.0 Å². The first-order valence-corrected chi connectivity index (χ1v) is 28.5. The number of halogens is 8. The molecule has 10 rings (SSSR count). The van der Waals surface area contributed by atoms with Crippen LogP contribution in [0.15, 0.2) is 187 Å². The predicted molar refractivity (Wildman–Crippen MR) is 344 cm³/mol. The van der Waals surface area contributed by atoms with Crippen LogP contribution in [0.2, 0.25) is 0 Å². The number of carboxylic acid groups (broad SMARTS) is 1. The molecule has 4 aromatic carbocycles. The zero-order valence-corrected chi connectivity index (χ0v) is 50.8. The summed E-state index contributed by atoms with van der Waals surface area (Å²) >= 11 is 7.85. The number of benzene rings is 4. The summed E-state index contributed by atoms with van der Waals surface area (Å²) in [5, 5.41) is 9.11. The molecule has 2 aliphatic rings. The summed E-state index contributed by atoms with van der Waals surface area (Å²) < 4.78 is 95.9. The number of para-hydroxylation sites is 2. The maximum absolute atomic E-state index is 13.2. The van der Waals surface area contributed by atoms with E-state index in [-0.39, 0.29) is 62.4 Å². The molecule has 14 nitrogen and oxygen atoms in total. The van der Waals surface area contributed by atoms with E-state index < -0.39 is 29.4 Å². The maximum atomic E-state index is 13.2. The summed E-state index contributed by atoms with van der Waals surface area (Å²) in [4.78, 5) is 43.3. The molecule has 0 radical (unpaired) electrons. The topological polar surface area (TPSA) is 210 Å². The zero-order valence-electron chi connectivity index (χ0n) is 48.4. The van der Waals surface area contributed by atoms with Crippen LogP contribution in [-0.4, -0.2) is 88.4 Å². The van der Waals surface area contributed by atoms with Crippen LogP contribution in [-0.2, 0) is 17.1 Å². The minimum absolute atomic E-state index is 0. The van der Waals surface area contributed by atoms with E-state index in [1.54, 1.807) is 37.6 Å². The number of nitrogens with zero attached hydrogens (tertiary/aromatic N) is 6. The summed E-state index contributed by atoms with van der Waals surface area (Å²) in [6.45, 7) is 10.8. The minimum atomic E-state index is -4.46. The highest BCUT2D eigenvalue weighted by molar-refractivity contribution is 9.10. The molecule has 0 atom stereocenters.